The van der Waals surface area contributed by atoms with Crippen molar-refractivity contribution in [1.29, 1.82) is 0 Å². The number of rotatable bonds is 8. The largest absolute Gasteiger partial charge is 0.350 e. The van der Waals surface area contributed by atoms with E-state index in [0.29, 0.717) is 23.0 Å². The molecule has 0 aliphatic carbocycles. The summed E-state index contributed by atoms with van der Waals surface area (Å²) < 4.78 is 1.87. The zero-order valence-corrected chi connectivity index (χ0v) is 22.2. The van der Waals surface area contributed by atoms with Crippen LogP contribution in [-0.4, -0.2) is 15.7 Å². The molecule has 0 unspecified atom stereocenters. The number of amides is 1. The van der Waals surface area contributed by atoms with Gasteiger partial charge in [-0.3, -0.25) is 4.79 Å². The number of thiophene rings is 1. The van der Waals surface area contributed by atoms with Gasteiger partial charge in [-0.1, -0.05) is 63.4 Å². The van der Waals surface area contributed by atoms with Crippen molar-refractivity contribution in [1.82, 2.24) is 15.1 Å². The van der Waals surface area contributed by atoms with Crippen LogP contribution in [-0.2, 0) is 11.3 Å². The van der Waals surface area contributed by atoms with E-state index in [0.717, 1.165) is 40.4 Å². The van der Waals surface area contributed by atoms with Gasteiger partial charge in [0, 0.05) is 21.9 Å². The highest BCUT2D eigenvalue weighted by Gasteiger charge is 2.21. The molecule has 0 aliphatic heterocycles. The molecular formula is C26H31Cl2N3OS. The Labute approximate surface area is 210 Å². The van der Waals surface area contributed by atoms with Gasteiger partial charge in [-0.15, -0.1) is 11.3 Å². The first-order valence-electron chi connectivity index (χ1n) is 11.2. The molecule has 4 nitrogen and oxygen atoms in total. The monoisotopic (exact) mass is 503 g/mol. The number of benzene rings is 1. The highest BCUT2D eigenvalue weighted by Crippen LogP contribution is 2.36. The lowest BCUT2D eigenvalue weighted by Gasteiger charge is -2.17. The van der Waals surface area contributed by atoms with Gasteiger partial charge in [0.05, 0.1) is 33.5 Å². The number of unbranched alkanes of at least 4 members (excludes halogenated alkanes) is 1. The molecule has 3 aromatic rings. The van der Waals surface area contributed by atoms with Gasteiger partial charge in [-0.05, 0) is 55.2 Å². The summed E-state index contributed by atoms with van der Waals surface area (Å²) in [6.07, 6.45) is 7.01. The van der Waals surface area contributed by atoms with Gasteiger partial charge < -0.3 is 5.32 Å². The Bertz CT molecular complexity index is 1150. The zero-order valence-electron chi connectivity index (χ0n) is 19.8. The predicted molar refractivity (Wildman–Crippen MR) is 141 cm³/mol. The Balaban J connectivity index is 2.00. The van der Waals surface area contributed by atoms with E-state index in [-0.39, 0.29) is 11.3 Å². The molecule has 2 heterocycles. The predicted octanol–water partition coefficient (Wildman–Crippen LogP) is 8.08. The smallest absolute Gasteiger partial charge is 0.220 e. The Morgan fingerprint density at radius 2 is 1.97 bits per heavy atom. The Morgan fingerprint density at radius 1 is 1.21 bits per heavy atom. The minimum atomic E-state index is -0.0703. The normalized spacial score (nSPS) is 12.0. The number of allylic oxidation sites excluding steroid dienone is 1. The van der Waals surface area contributed by atoms with Gasteiger partial charge in [0.15, 0.2) is 0 Å². The maximum absolute atomic E-state index is 12.4. The lowest BCUT2D eigenvalue weighted by atomic mass is 9.92. The van der Waals surface area contributed by atoms with E-state index in [9.17, 15) is 4.79 Å². The molecule has 1 aromatic carbocycles. The highest BCUT2D eigenvalue weighted by atomic mass is 35.5. The maximum Gasteiger partial charge on any atom is 0.220 e. The van der Waals surface area contributed by atoms with E-state index in [1.807, 2.05) is 23.7 Å². The topological polar surface area (TPSA) is 46.9 Å². The molecule has 7 heteroatoms. The third-order valence-electron chi connectivity index (χ3n) is 5.10. The van der Waals surface area contributed by atoms with Crippen molar-refractivity contribution in [2.45, 2.75) is 60.4 Å². The average Bonchev–Trinajstić information content (AvgIpc) is 3.29. The molecule has 3 rings (SSSR count). The van der Waals surface area contributed by atoms with Crippen LogP contribution in [0.5, 0.6) is 0 Å². The number of carbonyl (C=O) groups excluding carboxylic acids is 1. The van der Waals surface area contributed by atoms with Crippen molar-refractivity contribution in [3.8, 4) is 16.3 Å². The van der Waals surface area contributed by atoms with E-state index in [4.69, 9.17) is 28.3 Å². The maximum atomic E-state index is 12.4. The SMILES string of the molecule is CCC/C=C/c1ccc(-c2c(C)c(CNC(=O)CC(C)(C)C)nn2-c2ccc(Cl)cc2Cl)s1. The molecule has 33 heavy (non-hydrogen) atoms. The summed E-state index contributed by atoms with van der Waals surface area (Å²) in [6, 6.07) is 9.64. The van der Waals surface area contributed by atoms with Crippen LogP contribution in [0.1, 0.15) is 63.1 Å². The molecule has 0 bridgehead atoms. The first-order chi connectivity index (χ1) is 15.6. The van der Waals surface area contributed by atoms with E-state index in [1.54, 1.807) is 17.4 Å². The van der Waals surface area contributed by atoms with Crippen LogP contribution in [0.3, 0.4) is 0 Å². The summed E-state index contributed by atoms with van der Waals surface area (Å²) >= 11 is 14.4. The summed E-state index contributed by atoms with van der Waals surface area (Å²) in [5.41, 5.74) is 3.49. The molecule has 1 N–H and O–H groups in total. The van der Waals surface area contributed by atoms with Gasteiger partial charge in [0.25, 0.3) is 0 Å². The molecule has 0 saturated carbocycles. The van der Waals surface area contributed by atoms with Crippen LogP contribution in [0.15, 0.2) is 36.4 Å². The number of hydrogen-bond acceptors (Lipinski definition) is 3. The first kappa shape index (κ1) is 25.5. The molecule has 0 atom stereocenters. The average molecular weight is 505 g/mol. The van der Waals surface area contributed by atoms with Crippen LogP contribution in [0.4, 0.5) is 0 Å². The molecular weight excluding hydrogens is 473 g/mol. The van der Waals surface area contributed by atoms with Gasteiger partial charge in [-0.25, -0.2) is 4.68 Å². The quantitative estimate of drug-likeness (QED) is 0.337. The van der Waals surface area contributed by atoms with E-state index in [1.165, 1.54) is 4.88 Å². The molecule has 0 saturated heterocycles. The second-order valence-corrected chi connectivity index (χ2v) is 11.3. The molecule has 0 aliphatic rings. The number of halogens is 2. The third kappa shape index (κ3) is 6.72. The van der Waals surface area contributed by atoms with E-state index >= 15 is 0 Å². The Kier molecular flexibility index (Phi) is 8.43. The summed E-state index contributed by atoms with van der Waals surface area (Å²) in [4.78, 5) is 14.7. The minimum Gasteiger partial charge on any atom is -0.350 e. The third-order valence-corrected chi connectivity index (χ3v) is 6.70. The second-order valence-electron chi connectivity index (χ2n) is 9.34. The Hall–Kier alpha value is -2.08. The number of nitrogens with one attached hydrogen (secondary N) is 1. The molecule has 176 valence electrons. The standard InChI is InChI=1S/C26H31Cl2N3OS/c1-6-7-8-9-19-11-13-23(33-19)25-17(2)21(16-29-24(32)15-26(3,4)5)30-31(25)22-12-10-18(27)14-20(22)28/h8-14H,6-7,15-16H2,1-5H3,(H,29,32)/b9-8+. The van der Waals surface area contributed by atoms with Crippen LogP contribution in [0, 0.1) is 12.3 Å². The fraction of sp³-hybridized carbons (Fsp3) is 0.385. The van der Waals surface area contributed by atoms with Crippen LogP contribution < -0.4 is 5.32 Å². The summed E-state index contributed by atoms with van der Waals surface area (Å²) in [7, 11) is 0. The van der Waals surface area contributed by atoms with E-state index < -0.39 is 0 Å². The van der Waals surface area contributed by atoms with Gasteiger partial charge >= 0.3 is 0 Å². The van der Waals surface area contributed by atoms with E-state index in [2.05, 4.69) is 57.3 Å². The fourth-order valence-electron chi connectivity index (χ4n) is 3.49. The summed E-state index contributed by atoms with van der Waals surface area (Å²) in [5, 5.41) is 8.98. The number of nitrogens with zero attached hydrogens (tertiary/aromatic N) is 2. The van der Waals surface area contributed by atoms with Crippen LogP contribution in [0.25, 0.3) is 22.3 Å². The van der Waals surface area contributed by atoms with Crippen molar-refractivity contribution in [3.05, 3.63) is 62.6 Å². The molecule has 0 fully saturated rings. The summed E-state index contributed by atoms with van der Waals surface area (Å²) in [5.74, 6) is 0.0157. The first-order valence-corrected chi connectivity index (χ1v) is 12.7. The van der Waals surface area contributed by atoms with Gasteiger partial charge in [-0.2, -0.15) is 5.10 Å². The Morgan fingerprint density at radius 3 is 2.64 bits per heavy atom. The minimum absolute atomic E-state index is 0.0157. The van der Waals surface area contributed by atoms with Crippen molar-refractivity contribution in [2.75, 3.05) is 0 Å². The van der Waals surface area contributed by atoms with Crippen molar-refractivity contribution >= 4 is 46.5 Å². The molecule has 0 radical (unpaired) electrons. The van der Waals surface area contributed by atoms with Crippen LogP contribution in [0.2, 0.25) is 10.0 Å². The highest BCUT2D eigenvalue weighted by molar-refractivity contribution is 7.16. The number of aromatic nitrogens is 2. The molecule has 1 amide bonds. The van der Waals surface area contributed by atoms with Gasteiger partial charge in [0.2, 0.25) is 5.91 Å². The van der Waals surface area contributed by atoms with Crippen molar-refractivity contribution < 1.29 is 4.79 Å². The molecule has 2 aromatic heterocycles. The number of carbonyl (C=O) groups is 1. The van der Waals surface area contributed by atoms with Crippen LogP contribution >= 0.6 is 34.5 Å². The molecule has 0 spiro atoms. The second kappa shape index (κ2) is 10.9. The lowest BCUT2D eigenvalue weighted by Crippen LogP contribution is -2.27. The van der Waals surface area contributed by atoms with Crippen molar-refractivity contribution in [3.63, 3.8) is 0 Å². The lowest BCUT2D eigenvalue weighted by molar-refractivity contribution is -0.123. The fourth-order valence-corrected chi connectivity index (χ4v) is 5.00. The number of hydrogen-bond donors (Lipinski definition) is 1. The summed E-state index contributed by atoms with van der Waals surface area (Å²) in [6.45, 7) is 10.7. The zero-order chi connectivity index (χ0) is 24.2. The van der Waals surface area contributed by atoms with Gasteiger partial charge in [0.1, 0.15) is 0 Å². The van der Waals surface area contributed by atoms with Crippen molar-refractivity contribution in [2.24, 2.45) is 5.41 Å².